The van der Waals surface area contributed by atoms with Crippen LogP contribution in [0.1, 0.15) is 33.6 Å². The van der Waals surface area contributed by atoms with Gasteiger partial charge in [-0.25, -0.2) is 0 Å². The fourth-order valence-corrected chi connectivity index (χ4v) is 2.25. The normalized spacial score (nSPS) is 13.8. The highest BCUT2D eigenvalue weighted by atomic mass is 16.5. The zero-order chi connectivity index (χ0) is 15.9. The number of nitrogens with two attached hydrogens (primary N) is 1. The molecule has 1 aromatic rings. The van der Waals surface area contributed by atoms with Gasteiger partial charge in [-0.05, 0) is 45.7 Å². The number of benzene rings is 1. The third-order valence-electron chi connectivity index (χ3n) is 3.30. The number of carbonyl (C=O) groups is 1. The number of hydrogen-bond donors (Lipinski definition) is 2. The SMILES string of the molecule is COc1ccccc1OCCCC(C)(NC(C)C)C(N)=O. The number of methoxy groups -OCH3 is 1. The Kier molecular flexibility index (Phi) is 6.49. The number of primary amides is 1. The van der Waals surface area contributed by atoms with Crippen LogP contribution in [0.5, 0.6) is 11.5 Å². The topological polar surface area (TPSA) is 73.6 Å². The van der Waals surface area contributed by atoms with Gasteiger partial charge in [0, 0.05) is 6.04 Å². The molecule has 0 radical (unpaired) electrons. The van der Waals surface area contributed by atoms with Gasteiger partial charge in [0.2, 0.25) is 5.91 Å². The van der Waals surface area contributed by atoms with Gasteiger partial charge in [-0.15, -0.1) is 0 Å². The first-order chi connectivity index (χ1) is 9.89. The number of para-hydroxylation sites is 2. The summed E-state index contributed by atoms with van der Waals surface area (Å²) in [5.41, 5.74) is 4.79. The minimum atomic E-state index is -0.710. The maximum atomic E-state index is 11.6. The smallest absolute Gasteiger partial charge is 0.237 e. The first kappa shape index (κ1) is 17.3. The fourth-order valence-electron chi connectivity index (χ4n) is 2.25. The molecule has 0 saturated heterocycles. The van der Waals surface area contributed by atoms with Crippen LogP contribution < -0.4 is 20.5 Å². The minimum Gasteiger partial charge on any atom is -0.493 e. The van der Waals surface area contributed by atoms with Crippen LogP contribution in [0, 0.1) is 0 Å². The zero-order valence-corrected chi connectivity index (χ0v) is 13.3. The molecule has 0 bridgehead atoms. The molecule has 1 atom stereocenters. The highest BCUT2D eigenvalue weighted by molar-refractivity contribution is 5.84. The van der Waals surface area contributed by atoms with Crippen molar-refractivity contribution in [3.63, 3.8) is 0 Å². The van der Waals surface area contributed by atoms with Crippen LogP contribution in [-0.4, -0.2) is 31.2 Å². The zero-order valence-electron chi connectivity index (χ0n) is 13.3. The van der Waals surface area contributed by atoms with Crippen molar-refractivity contribution >= 4 is 5.91 Å². The van der Waals surface area contributed by atoms with Gasteiger partial charge in [0.1, 0.15) is 0 Å². The van der Waals surface area contributed by atoms with Crippen LogP contribution in [-0.2, 0) is 4.79 Å². The molecule has 0 fully saturated rings. The quantitative estimate of drug-likeness (QED) is 0.684. The molecule has 5 heteroatoms. The van der Waals surface area contributed by atoms with Gasteiger partial charge < -0.3 is 20.5 Å². The van der Waals surface area contributed by atoms with Crippen LogP contribution in [0.15, 0.2) is 24.3 Å². The van der Waals surface area contributed by atoms with Crippen molar-refractivity contribution in [1.82, 2.24) is 5.32 Å². The molecule has 5 nitrogen and oxygen atoms in total. The first-order valence-corrected chi connectivity index (χ1v) is 7.22. The Morgan fingerprint density at radius 1 is 1.33 bits per heavy atom. The van der Waals surface area contributed by atoms with Crippen molar-refractivity contribution in [2.45, 2.75) is 45.2 Å². The Balaban J connectivity index is 2.50. The monoisotopic (exact) mass is 294 g/mol. The van der Waals surface area contributed by atoms with E-state index in [4.69, 9.17) is 15.2 Å². The maximum Gasteiger partial charge on any atom is 0.237 e. The molecule has 0 aromatic heterocycles. The molecule has 0 aliphatic heterocycles. The Bertz CT molecular complexity index is 463. The molecule has 3 N–H and O–H groups in total. The third kappa shape index (κ3) is 5.27. The number of hydrogen-bond acceptors (Lipinski definition) is 4. The second-order valence-corrected chi connectivity index (χ2v) is 5.60. The van der Waals surface area contributed by atoms with Crippen molar-refractivity contribution in [2.24, 2.45) is 5.73 Å². The summed E-state index contributed by atoms with van der Waals surface area (Å²) in [7, 11) is 1.61. The number of rotatable bonds is 9. The van der Waals surface area contributed by atoms with E-state index in [-0.39, 0.29) is 11.9 Å². The number of carbonyl (C=O) groups excluding carboxylic acids is 1. The van der Waals surface area contributed by atoms with E-state index in [9.17, 15) is 4.79 Å². The summed E-state index contributed by atoms with van der Waals surface area (Å²) in [6.07, 6.45) is 1.34. The minimum absolute atomic E-state index is 0.192. The second kappa shape index (κ2) is 7.88. The number of ether oxygens (including phenoxy) is 2. The van der Waals surface area contributed by atoms with Crippen molar-refractivity contribution in [3.8, 4) is 11.5 Å². The van der Waals surface area contributed by atoms with E-state index in [1.807, 2.05) is 45.0 Å². The summed E-state index contributed by atoms with van der Waals surface area (Å²) in [5, 5.41) is 3.22. The predicted molar refractivity (Wildman–Crippen MR) is 83.6 cm³/mol. The molecule has 118 valence electrons. The number of nitrogens with one attached hydrogen (secondary N) is 1. The lowest BCUT2D eigenvalue weighted by atomic mass is 9.94. The summed E-state index contributed by atoms with van der Waals surface area (Å²) in [6.45, 7) is 6.32. The highest BCUT2D eigenvalue weighted by Gasteiger charge is 2.30. The van der Waals surface area contributed by atoms with Gasteiger partial charge in [0.05, 0.1) is 19.3 Å². The van der Waals surface area contributed by atoms with E-state index >= 15 is 0 Å². The van der Waals surface area contributed by atoms with Crippen LogP contribution in [0.4, 0.5) is 0 Å². The van der Waals surface area contributed by atoms with Gasteiger partial charge in [-0.3, -0.25) is 4.79 Å². The summed E-state index contributed by atoms with van der Waals surface area (Å²) in [6, 6.07) is 7.69. The summed E-state index contributed by atoms with van der Waals surface area (Å²) in [5.74, 6) is 1.07. The Labute approximate surface area is 126 Å². The Morgan fingerprint density at radius 3 is 2.48 bits per heavy atom. The van der Waals surface area contributed by atoms with Crippen molar-refractivity contribution in [2.75, 3.05) is 13.7 Å². The van der Waals surface area contributed by atoms with Crippen LogP contribution in [0.2, 0.25) is 0 Å². The van der Waals surface area contributed by atoms with E-state index in [2.05, 4.69) is 5.32 Å². The lowest BCUT2D eigenvalue weighted by molar-refractivity contribution is -0.124. The van der Waals surface area contributed by atoms with Gasteiger partial charge >= 0.3 is 0 Å². The molecule has 0 aliphatic carbocycles. The summed E-state index contributed by atoms with van der Waals surface area (Å²) in [4.78, 5) is 11.6. The highest BCUT2D eigenvalue weighted by Crippen LogP contribution is 2.26. The third-order valence-corrected chi connectivity index (χ3v) is 3.30. The molecule has 1 aromatic carbocycles. The van der Waals surface area contributed by atoms with E-state index in [1.165, 1.54) is 0 Å². The van der Waals surface area contributed by atoms with E-state index in [0.29, 0.717) is 24.5 Å². The van der Waals surface area contributed by atoms with Crippen molar-refractivity contribution in [1.29, 1.82) is 0 Å². The average Bonchev–Trinajstić information content (AvgIpc) is 2.43. The van der Waals surface area contributed by atoms with Crippen LogP contribution in [0.3, 0.4) is 0 Å². The van der Waals surface area contributed by atoms with Crippen molar-refractivity contribution in [3.05, 3.63) is 24.3 Å². The van der Waals surface area contributed by atoms with Gasteiger partial charge in [0.25, 0.3) is 0 Å². The molecular weight excluding hydrogens is 268 g/mol. The van der Waals surface area contributed by atoms with E-state index < -0.39 is 5.54 Å². The van der Waals surface area contributed by atoms with Gasteiger partial charge in [-0.2, -0.15) is 0 Å². The van der Waals surface area contributed by atoms with Crippen molar-refractivity contribution < 1.29 is 14.3 Å². The molecule has 0 saturated carbocycles. The molecule has 1 rings (SSSR count). The summed E-state index contributed by atoms with van der Waals surface area (Å²) >= 11 is 0. The number of amides is 1. The maximum absolute atomic E-state index is 11.6. The molecule has 1 unspecified atom stereocenters. The molecule has 0 aliphatic rings. The summed E-state index contributed by atoms with van der Waals surface area (Å²) < 4.78 is 10.9. The molecule has 1 amide bonds. The van der Waals surface area contributed by atoms with E-state index in [1.54, 1.807) is 7.11 Å². The predicted octanol–water partition coefficient (Wildman–Crippen LogP) is 2.10. The van der Waals surface area contributed by atoms with Gasteiger partial charge in [0.15, 0.2) is 11.5 Å². The Hall–Kier alpha value is -1.75. The molecule has 0 spiro atoms. The first-order valence-electron chi connectivity index (χ1n) is 7.22. The second-order valence-electron chi connectivity index (χ2n) is 5.60. The largest absolute Gasteiger partial charge is 0.493 e. The van der Waals surface area contributed by atoms with Gasteiger partial charge in [-0.1, -0.05) is 12.1 Å². The Morgan fingerprint density at radius 2 is 1.95 bits per heavy atom. The molecular formula is C16H26N2O3. The average molecular weight is 294 g/mol. The lowest BCUT2D eigenvalue weighted by Gasteiger charge is -2.29. The van der Waals surface area contributed by atoms with Crippen LogP contribution in [0.25, 0.3) is 0 Å². The standard InChI is InChI=1S/C16H26N2O3/c1-12(2)18-16(3,15(17)19)10-7-11-21-14-9-6-5-8-13(14)20-4/h5-6,8-9,12,18H,7,10-11H2,1-4H3,(H2,17,19). The lowest BCUT2D eigenvalue weighted by Crippen LogP contribution is -2.55. The molecule has 0 heterocycles. The fraction of sp³-hybridized carbons (Fsp3) is 0.562. The van der Waals surface area contributed by atoms with E-state index in [0.717, 1.165) is 6.42 Å². The van der Waals surface area contributed by atoms with Crippen LogP contribution >= 0.6 is 0 Å². The molecule has 21 heavy (non-hydrogen) atoms.